The van der Waals surface area contributed by atoms with Crippen molar-refractivity contribution in [3.8, 4) is 5.75 Å². The monoisotopic (exact) mass is 368 g/mol. The van der Waals surface area contributed by atoms with Crippen molar-refractivity contribution in [3.63, 3.8) is 0 Å². The second-order valence-corrected chi connectivity index (χ2v) is 8.14. The summed E-state index contributed by atoms with van der Waals surface area (Å²) in [5, 5.41) is 6.41. The Hall–Kier alpha value is -1.80. The van der Waals surface area contributed by atoms with Crippen molar-refractivity contribution in [1.82, 2.24) is 14.9 Å². The fourth-order valence-electron chi connectivity index (χ4n) is 2.81. The molecule has 1 heterocycles. The Morgan fingerprint density at radius 1 is 1.32 bits per heavy atom. The van der Waals surface area contributed by atoms with Crippen LogP contribution in [0.25, 0.3) is 0 Å². The molecule has 0 saturated carbocycles. The molecule has 25 heavy (non-hydrogen) atoms. The summed E-state index contributed by atoms with van der Waals surface area (Å²) >= 11 is 0. The number of methoxy groups -OCH3 is 1. The molecule has 0 spiro atoms. The lowest BCUT2D eigenvalue weighted by atomic mass is 10.1. The van der Waals surface area contributed by atoms with Crippen molar-refractivity contribution in [3.05, 3.63) is 29.3 Å². The zero-order valence-electron chi connectivity index (χ0n) is 15.2. The fraction of sp³-hybridized carbons (Fsp3) is 0.588. The third-order valence-electron chi connectivity index (χ3n) is 4.26. The molecule has 0 aromatic heterocycles. The van der Waals surface area contributed by atoms with Gasteiger partial charge in [-0.1, -0.05) is 12.1 Å². The number of benzene rings is 1. The summed E-state index contributed by atoms with van der Waals surface area (Å²) in [7, 11) is 0.349. The van der Waals surface area contributed by atoms with E-state index in [-0.39, 0.29) is 5.75 Å². The summed E-state index contributed by atoms with van der Waals surface area (Å²) in [5.74, 6) is 1.84. The largest absolute Gasteiger partial charge is 0.496 e. The maximum Gasteiger partial charge on any atom is 0.214 e. The van der Waals surface area contributed by atoms with Crippen LogP contribution in [0.15, 0.2) is 23.2 Å². The van der Waals surface area contributed by atoms with Crippen molar-refractivity contribution in [1.29, 1.82) is 0 Å². The average Bonchev–Trinajstić information content (AvgIpc) is 2.93. The average molecular weight is 369 g/mol. The number of hydrogen-bond donors (Lipinski definition) is 2. The minimum Gasteiger partial charge on any atom is -0.496 e. The fourth-order valence-corrected chi connectivity index (χ4v) is 4.34. The van der Waals surface area contributed by atoms with Gasteiger partial charge in [-0.25, -0.2) is 12.7 Å². The Morgan fingerprint density at radius 3 is 2.72 bits per heavy atom. The smallest absolute Gasteiger partial charge is 0.214 e. The van der Waals surface area contributed by atoms with E-state index in [2.05, 4.69) is 27.8 Å². The predicted molar refractivity (Wildman–Crippen MR) is 101 cm³/mol. The Kier molecular flexibility index (Phi) is 7.07. The van der Waals surface area contributed by atoms with Crippen molar-refractivity contribution < 1.29 is 13.2 Å². The first-order valence-corrected chi connectivity index (χ1v) is 10.1. The first-order valence-electron chi connectivity index (χ1n) is 8.52. The number of nitrogens with zero attached hydrogens (tertiary/aromatic N) is 2. The standard InChI is InChI=1S/C17H28N4O3S/c1-14-5-6-15(13-16(14)24-3)7-8-19-17(18-2)20-9-11-21-10-4-12-25(21,22)23/h5-6,13H,4,7-12H2,1-3H3,(H2,18,19,20). The molecule has 140 valence electrons. The van der Waals surface area contributed by atoms with Crippen LogP contribution >= 0.6 is 0 Å². The summed E-state index contributed by atoms with van der Waals surface area (Å²) in [6, 6.07) is 6.19. The van der Waals surface area contributed by atoms with Gasteiger partial charge in [0.1, 0.15) is 5.75 Å². The van der Waals surface area contributed by atoms with Gasteiger partial charge in [-0.3, -0.25) is 4.99 Å². The third-order valence-corrected chi connectivity index (χ3v) is 6.22. The van der Waals surface area contributed by atoms with Crippen LogP contribution in [0.5, 0.6) is 5.75 Å². The molecule has 1 saturated heterocycles. The summed E-state index contributed by atoms with van der Waals surface area (Å²) < 4.78 is 30.4. The molecule has 1 fully saturated rings. The molecule has 1 aromatic rings. The predicted octanol–water partition coefficient (Wildman–Crippen LogP) is 0.747. The van der Waals surface area contributed by atoms with E-state index in [0.717, 1.165) is 30.7 Å². The summed E-state index contributed by atoms with van der Waals surface area (Å²) in [4.78, 5) is 4.17. The molecule has 0 radical (unpaired) electrons. The van der Waals surface area contributed by atoms with Gasteiger partial charge < -0.3 is 15.4 Å². The number of sulfonamides is 1. The summed E-state index contributed by atoms with van der Waals surface area (Å²) in [6.45, 7) is 4.38. The number of aliphatic imine (C=N–C) groups is 1. The number of rotatable bonds is 7. The van der Waals surface area contributed by atoms with Crippen LogP contribution in [-0.4, -0.2) is 64.8 Å². The Balaban J connectivity index is 1.73. The molecule has 1 aliphatic heterocycles. The van der Waals surface area contributed by atoms with Crippen molar-refractivity contribution in [2.45, 2.75) is 19.8 Å². The van der Waals surface area contributed by atoms with E-state index in [1.165, 1.54) is 9.87 Å². The highest BCUT2D eigenvalue weighted by molar-refractivity contribution is 7.89. The maximum atomic E-state index is 11.8. The minimum absolute atomic E-state index is 0.264. The van der Waals surface area contributed by atoms with E-state index < -0.39 is 10.0 Å². The van der Waals surface area contributed by atoms with E-state index in [1.54, 1.807) is 14.2 Å². The Morgan fingerprint density at radius 2 is 2.08 bits per heavy atom. The van der Waals surface area contributed by atoms with E-state index in [0.29, 0.717) is 25.6 Å². The van der Waals surface area contributed by atoms with Gasteiger partial charge in [0.05, 0.1) is 12.9 Å². The number of aryl methyl sites for hydroxylation is 1. The molecule has 1 aromatic carbocycles. The number of ether oxygens (including phenoxy) is 1. The van der Waals surface area contributed by atoms with Gasteiger partial charge in [-0.15, -0.1) is 0 Å². The molecule has 0 unspecified atom stereocenters. The van der Waals surface area contributed by atoms with Gasteiger partial charge in [-0.05, 0) is 37.0 Å². The highest BCUT2D eigenvalue weighted by atomic mass is 32.2. The van der Waals surface area contributed by atoms with Gasteiger partial charge in [0, 0.05) is 33.2 Å². The Bertz CT molecular complexity index is 704. The second kappa shape index (κ2) is 9.05. The normalized spacial score (nSPS) is 17.5. The highest BCUT2D eigenvalue weighted by Crippen LogP contribution is 2.19. The van der Waals surface area contributed by atoms with Crippen LogP contribution in [0.1, 0.15) is 17.5 Å². The second-order valence-electron chi connectivity index (χ2n) is 6.05. The van der Waals surface area contributed by atoms with Crippen molar-refractivity contribution >= 4 is 16.0 Å². The van der Waals surface area contributed by atoms with Gasteiger partial charge in [0.25, 0.3) is 0 Å². The van der Waals surface area contributed by atoms with E-state index in [1.807, 2.05) is 13.0 Å². The number of hydrogen-bond acceptors (Lipinski definition) is 4. The minimum atomic E-state index is -3.03. The van der Waals surface area contributed by atoms with Crippen LogP contribution in [0.4, 0.5) is 0 Å². The molecule has 2 rings (SSSR count). The molecule has 8 heteroatoms. The van der Waals surface area contributed by atoms with Crippen molar-refractivity contribution in [2.24, 2.45) is 4.99 Å². The molecule has 0 aliphatic carbocycles. The van der Waals surface area contributed by atoms with Gasteiger partial charge in [-0.2, -0.15) is 0 Å². The van der Waals surface area contributed by atoms with E-state index >= 15 is 0 Å². The molecule has 0 bridgehead atoms. The molecular weight excluding hydrogens is 340 g/mol. The molecule has 7 nitrogen and oxygen atoms in total. The molecule has 2 N–H and O–H groups in total. The first-order chi connectivity index (χ1) is 12.0. The quantitative estimate of drug-likeness (QED) is 0.548. The SMILES string of the molecule is CN=C(NCCc1ccc(C)c(OC)c1)NCCN1CCCS1(=O)=O. The zero-order valence-corrected chi connectivity index (χ0v) is 16.0. The number of guanidine groups is 1. The lowest BCUT2D eigenvalue weighted by molar-refractivity contribution is 0.411. The van der Waals surface area contributed by atoms with Crippen LogP contribution in [0, 0.1) is 6.92 Å². The molecule has 0 atom stereocenters. The van der Waals surface area contributed by atoms with Gasteiger partial charge >= 0.3 is 0 Å². The van der Waals surface area contributed by atoms with Crippen LogP contribution in [0.2, 0.25) is 0 Å². The topological polar surface area (TPSA) is 83.0 Å². The van der Waals surface area contributed by atoms with Crippen LogP contribution < -0.4 is 15.4 Å². The molecular formula is C17H28N4O3S. The zero-order chi connectivity index (χ0) is 18.3. The summed E-state index contributed by atoms with van der Waals surface area (Å²) in [5.41, 5.74) is 2.31. The lowest BCUT2D eigenvalue weighted by Gasteiger charge is -2.16. The van der Waals surface area contributed by atoms with E-state index in [4.69, 9.17) is 4.74 Å². The van der Waals surface area contributed by atoms with Crippen molar-refractivity contribution in [2.75, 3.05) is 46.1 Å². The third kappa shape index (κ3) is 5.61. The van der Waals surface area contributed by atoms with Gasteiger partial charge in [0.15, 0.2) is 5.96 Å². The highest BCUT2D eigenvalue weighted by Gasteiger charge is 2.27. The van der Waals surface area contributed by atoms with Crippen LogP contribution in [0.3, 0.4) is 0 Å². The Labute approximate surface area is 150 Å². The van der Waals surface area contributed by atoms with Crippen LogP contribution in [-0.2, 0) is 16.4 Å². The maximum absolute atomic E-state index is 11.8. The van der Waals surface area contributed by atoms with E-state index in [9.17, 15) is 8.42 Å². The van der Waals surface area contributed by atoms with Gasteiger partial charge in [0.2, 0.25) is 10.0 Å². The molecule has 0 amide bonds. The summed E-state index contributed by atoms with van der Waals surface area (Å²) in [6.07, 6.45) is 1.56. The number of nitrogens with one attached hydrogen (secondary N) is 2. The first kappa shape index (κ1) is 19.5. The lowest BCUT2D eigenvalue weighted by Crippen LogP contribution is -2.42. The molecule has 1 aliphatic rings.